The molecular weight excluding hydrogens is 294 g/mol. The van der Waals surface area contributed by atoms with Gasteiger partial charge in [-0.25, -0.2) is 0 Å². The maximum Gasteiger partial charge on any atom is 0.287 e. The van der Waals surface area contributed by atoms with Crippen molar-refractivity contribution in [3.8, 4) is 0 Å². The molecule has 18 heavy (non-hydrogen) atoms. The molecule has 0 unspecified atom stereocenters. The minimum Gasteiger partial charge on any atom is -0.451 e. The third-order valence-electron chi connectivity index (χ3n) is 3.09. The molecule has 0 aliphatic rings. The maximum absolute atomic E-state index is 12.1. The Bertz CT molecular complexity index is 589. The second-order valence-electron chi connectivity index (χ2n) is 4.48. The summed E-state index contributed by atoms with van der Waals surface area (Å²) in [5.74, 6) is 0.262. The molecule has 0 saturated carbocycles. The second kappa shape index (κ2) is 5.14. The molecule has 4 heteroatoms. The molecule has 0 spiro atoms. The number of fused-ring (bicyclic) bond motifs is 1. The lowest BCUT2D eigenvalue weighted by Crippen LogP contribution is -2.32. The van der Waals surface area contributed by atoms with Crippen molar-refractivity contribution in [3.05, 3.63) is 34.0 Å². The summed E-state index contributed by atoms with van der Waals surface area (Å²) in [5.41, 5.74) is 1.62. The molecule has 2 rings (SSSR count). The lowest BCUT2D eigenvalue weighted by molar-refractivity contribution is 0.0912. The van der Waals surface area contributed by atoms with E-state index in [9.17, 15) is 4.79 Å². The first-order chi connectivity index (χ1) is 8.52. The zero-order chi connectivity index (χ0) is 13.3. The Balaban J connectivity index is 2.40. The van der Waals surface area contributed by atoms with Gasteiger partial charge in [-0.1, -0.05) is 22.9 Å². The fraction of sp³-hybridized carbons (Fsp3) is 0.357. The van der Waals surface area contributed by atoms with Gasteiger partial charge in [-0.05, 0) is 38.5 Å². The Morgan fingerprint density at radius 1 is 1.50 bits per heavy atom. The van der Waals surface area contributed by atoms with E-state index in [2.05, 4.69) is 21.2 Å². The highest BCUT2D eigenvalue weighted by Crippen LogP contribution is 2.28. The predicted molar refractivity (Wildman–Crippen MR) is 75.9 cm³/mol. The van der Waals surface area contributed by atoms with E-state index in [0.29, 0.717) is 5.76 Å². The van der Waals surface area contributed by atoms with Crippen LogP contribution in [-0.2, 0) is 0 Å². The van der Waals surface area contributed by atoms with Crippen LogP contribution in [0, 0.1) is 6.92 Å². The van der Waals surface area contributed by atoms with Crippen LogP contribution in [0.4, 0.5) is 0 Å². The normalized spacial score (nSPS) is 12.7. The molecule has 1 aromatic carbocycles. The van der Waals surface area contributed by atoms with E-state index in [0.717, 1.165) is 27.4 Å². The SMILES string of the molecule is CC[C@H](C)NC(=O)c1oc2ccc(Br)cc2c1C. The summed E-state index contributed by atoms with van der Waals surface area (Å²) >= 11 is 3.42. The lowest BCUT2D eigenvalue weighted by Gasteiger charge is -2.09. The zero-order valence-electron chi connectivity index (χ0n) is 10.7. The number of hydrogen-bond acceptors (Lipinski definition) is 2. The van der Waals surface area contributed by atoms with Crippen LogP contribution in [0.1, 0.15) is 36.4 Å². The van der Waals surface area contributed by atoms with Gasteiger partial charge in [0.15, 0.2) is 5.76 Å². The number of halogens is 1. The molecule has 0 bridgehead atoms. The van der Waals surface area contributed by atoms with E-state index in [1.54, 1.807) is 0 Å². The van der Waals surface area contributed by atoms with Crippen LogP contribution in [-0.4, -0.2) is 11.9 Å². The van der Waals surface area contributed by atoms with Crippen molar-refractivity contribution < 1.29 is 9.21 Å². The molecule has 1 amide bonds. The van der Waals surface area contributed by atoms with E-state index in [4.69, 9.17) is 4.42 Å². The van der Waals surface area contributed by atoms with Crippen molar-refractivity contribution >= 4 is 32.8 Å². The Labute approximate surface area is 115 Å². The molecule has 96 valence electrons. The molecule has 0 aliphatic heterocycles. The first kappa shape index (κ1) is 13.1. The van der Waals surface area contributed by atoms with Crippen LogP contribution in [0.25, 0.3) is 11.0 Å². The summed E-state index contributed by atoms with van der Waals surface area (Å²) in [6.07, 6.45) is 0.899. The second-order valence-corrected chi connectivity index (χ2v) is 5.40. The molecule has 0 aliphatic carbocycles. The highest BCUT2D eigenvalue weighted by Gasteiger charge is 2.18. The molecule has 1 heterocycles. The summed E-state index contributed by atoms with van der Waals surface area (Å²) in [5, 5.41) is 3.89. The highest BCUT2D eigenvalue weighted by molar-refractivity contribution is 9.10. The number of rotatable bonds is 3. The van der Waals surface area contributed by atoms with Crippen LogP contribution in [0.2, 0.25) is 0 Å². The van der Waals surface area contributed by atoms with E-state index >= 15 is 0 Å². The van der Waals surface area contributed by atoms with Crippen molar-refractivity contribution in [3.63, 3.8) is 0 Å². The van der Waals surface area contributed by atoms with Crippen molar-refractivity contribution in [2.24, 2.45) is 0 Å². The number of aryl methyl sites for hydroxylation is 1. The summed E-state index contributed by atoms with van der Waals surface area (Å²) in [6.45, 7) is 5.92. The number of nitrogens with one attached hydrogen (secondary N) is 1. The fourth-order valence-corrected chi connectivity index (χ4v) is 2.16. The van der Waals surface area contributed by atoms with Crippen LogP contribution < -0.4 is 5.32 Å². The number of benzene rings is 1. The van der Waals surface area contributed by atoms with E-state index < -0.39 is 0 Å². The quantitative estimate of drug-likeness (QED) is 0.930. The van der Waals surface area contributed by atoms with Crippen molar-refractivity contribution in [2.45, 2.75) is 33.2 Å². The first-order valence-corrected chi connectivity index (χ1v) is 6.81. The largest absolute Gasteiger partial charge is 0.451 e. The van der Waals surface area contributed by atoms with Gasteiger partial charge >= 0.3 is 0 Å². The Morgan fingerprint density at radius 2 is 2.22 bits per heavy atom. The highest BCUT2D eigenvalue weighted by atomic mass is 79.9. The average molecular weight is 310 g/mol. The molecule has 1 aromatic heterocycles. The fourth-order valence-electron chi connectivity index (χ4n) is 1.80. The molecule has 1 N–H and O–H groups in total. The minimum atomic E-state index is -0.144. The molecule has 3 nitrogen and oxygen atoms in total. The zero-order valence-corrected chi connectivity index (χ0v) is 12.3. The Hall–Kier alpha value is -1.29. The predicted octanol–water partition coefficient (Wildman–Crippen LogP) is 4.03. The molecule has 0 radical (unpaired) electrons. The monoisotopic (exact) mass is 309 g/mol. The van der Waals surface area contributed by atoms with Crippen molar-refractivity contribution in [1.29, 1.82) is 0 Å². The van der Waals surface area contributed by atoms with Gasteiger partial charge in [0, 0.05) is 21.5 Å². The number of furan rings is 1. The number of carbonyl (C=O) groups excluding carboxylic acids is 1. The molecule has 0 saturated heterocycles. The molecule has 0 fully saturated rings. The van der Waals surface area contributed by atoms with Crippen LogP contribution in [0.5, 0.6) is 0 Å². The van der Waals surface area contributed by atoms with E-state index in [1.807, 2.05) is 39.0 Å². The van der Waals surface area contributed by atoms with Crippen molar-refractivity contribution in [2.75, 3.05) is 0 Å². The Morgan fingerprint density at radius 3 is 2.89 bits per heavy atom. The lowest BCUT2D eigenvalue weighted by atomic mass is 10.1. The van der Waals surface area contributed by atoms with E-state index in [-0.39, 0.29) is 11.9 Å². The topological polar surface area (TPSA) is 42.2 Å². The van der Waals surface area contributed by atoms with Gasteiger partial charge in [0.25, 0.3) is 5.91 Å². The van der Waals surface area contributed by atoms with Gasteiger partial charge in [0.1, 0.15) is 5.58 Å². The summed E-state index contributed by atoms with van der Waals surface area (Å²) < 4.78 is 6.61. The third-order valence-corrected chi connectivity index (χ3v) is 3.59. The minimum absolute atomic E-state index is 0.144. The number of hydrogen-bond donors (Lipinski definition) is 1. The smallest absolute Gasteiger partial charge is 0.287 e. The number of amides is 1. The first-order valence-electron chi connectivity index (χ1n) is 6.02. The Kier molecular flexibility index (Phi) is 3.76. The van der Waals surface area contributed by atoms with E-state index in [1.165, 1.54) is 0 Å². The maximum atomic E-state index is 12.1. The summed E-state index contributed by atoms with van der Waals surface area (Å²) in [4.78, 5) is 12.1. The molecular formula is C14H16BrNO2. The van der Waals surface area contributed by atoms with Crippen LogP contribution >= 0.6 is 15.9 Å². The summed E-state index contributed by atoms with van der Waals surface area (Å²) in [6, 6.07) is 5.89. The third kappa shape index (κ3) is 2.43. The molecule has 2 aromatic rings. The number of carbonyl (C=O) groups is 1. The molecule has 1 atom stereocenters. The van der Waals surface area contributed by atoms with Crippen LogP contribution in [0.15, 0.2) is 27.1 Å². The average Bonchev–Trinajstić information content (AvgIpc) is 2.66. The summed E-state index contributed by atoms with van der Waals surface area (Å²) in [7, 11) is 0. The standard InChI is InChI=1S/C14H16BrNO2/c1-4-8(2)16-14(17)13-9(3)11-7-10(15)5-6-12(11)18-13/h5-8H,4H2,1-3H3,(H,16,17)/t8-/m0/s1. The van der Waals surface area contributed by atoms with Gasteiger partial charge in [-0.2, -0.15) is 0 Å². The van der Waals surface area contributed by atoms with Gasteiger partial charge in [-0.15, -0.1) is 0 Å². The van der Waals surface area contributed by atoms with Gasteiger partial charge in [0.05, 0.1) is 0 Å². The van der Waals surface area contributed by atoms with Crippen molar-refractivity contribution in [1.82, 2.24) is 5.32 Å². The van der Waals surface area contributed by atoms with Crippen LogP contribution in [0.3, 0.4) is 0 Å². The van der Waals surface area contributed by atoms with Gasteiger partial charge < -0.3 is 9.73 Å². The van der Waals surface area contributed by atoms with Gasteiger partial charge in [-0.3, -0.25) is 4.79 Å². The van der Waals surface area contributed by atoms with Gasteiger partial charge in [0.2, 0.25) is 0 Å².